The Morgan fingerprint density at radius 2 is 1.50 bits per heavy atom. The number of hydrogen-bond donors (Lipinski definition) is 1. The molecule has 3 aromatic carbocycles. The largest absolute Gasteiger partial charge is 0.494 e. The van der Waals surface area contributed by atoms with Gasteiger partial charge >= 0.3 is 0 Å². The smallest absolute Gasteiger partial charge is 0.148 e. The molecule has 0 heterocycles. The maximum absolute atomic E-state index is 5.98. The molecule has 1 N–H and O–H groups in total. The number of nitrogens with one attached hydrogen (secondary N) is 1. The highest BCUT2D eigenvalue weighted by Crippen LogP contribution is 2.35. The number of halogens is 3. The van der Waals surface area contributed by atoms with E-state index in [0.717, 1.165) is 42.3 Å². The predicted octanol–water partition coefficient (Wildman–Crippen LogP) is 7.45. The molecule has 0 bridgehead atoms. The molecule has 6 heteroatoms. The van der Waals surface area contributed by atoms with Crippen LogP contribution >= 0.6 is 43.5 Å². The first-order valence-corrected chi connectivity index (χ1v) is 10.8. The van der Waals surface area contributed by atoms with E-state index in [-0.39, 0.29) is 0 Å². The van der Waals surface area contributed by atoms with Gasteiger partial charge in [-0.05, 0) is 98.4 Å². The van der Waals surface area contributed by atoms with E-state index >= 15 is 0 Å². The van der Waals surface area contributed by atoms with Crippen molar-refractivity contribution in [2.75, 3.05) is 11.9 Å². The molecule has 146 valence electrons. The van der Waals surface area contributed by atoms with Crippen LogP contribution in [0.1, 0.15) is 18.1 Å². The molecule has 0 unspecified atom stereocenters. The highest BCUT2D eigenvalue weighted by molar-refractivity contribution is 9.11. The minimum absolute atomic E-state index is 0.470. The van der Waals surface area contributed by atoms with Gasteiger partial charge in [-0.1, -0.05) is 23.7 Å². The summed E-state index contributed by atoms with van der Waals surface area (Å²) in [6.45, 7) is 3.81. The zero-order valence-electron chi connectivity index (χ0n) is 15.3. The van der Waals surface area contributed by atoms with Crippen LogP contribution in [0.4, 0.5) is 5.69 Å². The Morgan fingerprint density at radius 1 is 0.857 bits per heavy atom. The van der Waals surface area contributed by atoms with Crippen LogP contribution in [0.15, 0.2) is 69.6 Å². The number of rotatable bonds is 8. The molecular weight excluding hydrogens is 506 g/mol. The van der Waals surface area contributed by atoms with Crippen LogP contribution in [-0.2, 0) is 13.2 Å². The molecule has 0 amide bonds. The molecule has 0 aliphatic carbocycles. The van der Waals surface area contributed by atoms with E-state index in [1.54, 1.807) is 0 Å². The second-order valence-corrected chi connectivity index (χ2v) is 8.26. The van der Waals surface area contributed by atoms with E-state index < -0.39 is 0 Å². The topological polar surface area (TPSA) is 30.5 Å². The third-order valence-corrected chi connectivity index (χ3v) is 5.45. The van der Waals surface area contributed by atoms with Crippen LogP contribution < -0.4 is 14.8 Å². The average Bonchev–Trinajstić information content (AvgIpc) is 2.68. The van der Waals surface area contributed by atoms with Crippen molar-refractivity contribution in [3.8, 4) is 11.5 Å². The Morgan fingerprint density at radius 3 is 2.11 bits per heavy atom. The third kappa shape index (κ3) is 5.90. The van der Waals surface area contributed by atoms with E-state index in [1.807, 2.05) is 55.5 Å². The highest BCUT2D eigenvalue weighted by Gasteiger charge is 2.10. The van der Waals surface area contributed by atoms with Crippen LogP contribution in [0.25, 0.3) is 0 Å². The van der Waals surface area contributed by atoms with Crippen molar-refractivity contribution >= 4 is 49.1 Å². The van der Waals surface area contributed by atoms with Gasteiger partial charge in [-0.25, -0.2) is 0 Å². The first kappa shape index (κ1) is 21.0. The van der Waals surface area contributed by atoms with Crippen molar-refractivity contribution in [2.45, 2.75) is 20.1 Å². The van der Waals surface area contributed by atoms with Gasteiger partial charge in [0.05, 0.1) is 15.6 Å². The van der Waals surface area contributed by atoms with Crippen molar-refractivity contribution in [1.29, 1.82) is 0 Å². The molecule has 0 aliphatic heterocycles. The third-order valence-electron chi connectivity index (χ3n) is 4.02. The van der Waals surface area contributed by atoms with Crippen molar-refractivity contribution in [1.82, 2.24) is 0 Å². The minimum atomic E-state index is 0.470. The second kappa shape index (κ2) is 10.2. The molecule has 3 rings (SSSR count). The van der Waals surface area contributed by atoms with Crippen molar-refractivity contribution in [3.63, 3.8) is 0 Å². The molecule has 0 fully saturated rings. The van der Waals surface area contributed by atoms with Crippen LogP contribution in [0, 0.1) is 0 Å². The summed E-state index contributed by atoms with van der Waals surface area (Å²) in [5.74, 6) is 1.65. The van der Waals surface area contributed by atoms with Gasteiger partial charge in [0.25, 0.3) is 0 Å². The molecule has 28 heavy (non-hydrogen) atoms. The lowest BCUT2D eigenvalue weighted by Crippen LogP contribution is -2.01. The summed E-state index contributed by atoms with van der Waals surface area (Å²) in [5.41, 5.74) is 3.23. The Labute approximate surface area is 187 Å². The number of benzene rings is 3. The van der Waals surface area contributed by atoms with Gasteiger partial charge in [0.1, 0.15) is 18.1 Å². The van der Waals surface area contributed by atoms with Gasteiger partial charge in [-0.2, -0.15) is 0 Å². The summed E-state index contributed by atoms with van der Waals surface area (Å²) < 4.78 is 13.2. The van der Waals surface area contributed by atoms with Crippen LogP contribution in [0.2, 0.25) is 5.02 Å². The maximum atomic E-state index is 5.98. The summed E-state index contributed by atoms with van der Waals surface area (Å²) in [7, 11) is 0. The van der Waals surface area contributed by atoms with Gasteiger partial charge in [-0.3, -0.25) is 0 Å². The van der Waals surface area contributed by atoms with Gasteiger partial charge in [0.2, 0.25) is 0 Å². The maximum Gasteiger partial charge on any atom is 0.148 e. The van der Waals surface area contributed by atoms with Gasteiger partial charge in [-0.15, -0.1) is 0 Å². The van der Waals surface area contributed by atoms with Crippen LogP contribution in [0.5, 0.6) is 11.5 Å². The zero-order valence-corrected chi connectivity index (χ0v) is 19.3. The summed E-state index contributed by atoms with van der Waals surface area (Å²) >= 11 is 13.2. The molecule has 0 saturated heterocycles. The Kier molecular flexibility index (Phi) is 7.65. The fourth-order valence-electron chi connectivity index (χ4n) is 2.63. The Hall–Kier alpha value is -1.69. The lowest BCUT2D eigenvalue weighted by atomic mass is 10.2. The minimum Gasteiger partial charge on any atom is -0.494 e. The fraction of sp³-hybridized carbons (Fsp3) is 0.182. The summed E-state index contributed by atoms with van der Waals surface area (Å²) in [6, 6.07) is 19.7. The Bertz CT molecular complexity index is 892. The summed E-state index contributed by atoms with van der Waals surface area (Å²) in [4.78, 5) is 0. The lowest BCUT2D eigenvalue weighted by molar-refractivity contribution is 0.302. The molecule has 3 aromatic rings. The quantitative estimate of drug-likeness (QED) is 0.331. The standard InChI is InChI=1S/C22H20Br2ClNO2/c1-2-27-19-9-7-18(8-10-19)26-13-16-11-20(23)22(21(24)12-16)28-14-15-3-5-17(25)6-4-15/h3-12,26H,2,13-14H2,1H3. The van der Waals surface area contributed by atoms with E-state index in [9.17, 15) is 0 Å². The number of ether oxygens (including phenoxy) is 2. The van der Waals surface area contributed by atoms with Gasteiger partial charge in [0.15, 0.2) is 0 Å². The highest BCUT2D eigenvalue weighted by atomic mass is 79.9. The Balaban J connectivity index is 1.61. The van der Waals surface area contributed by atoms with E-state index in [0.29, 0.717) is 19.8 Å². The van der Waals surface area contributed by atoms with Gasteiger partial charge < -0.3 is 14.8 Å². The lowest BCUT2D eigenvalue weighted by Gasteiger charge is -2.13. The van der Waals surface area contributed by atoms with Gasteiger partial charge in [0, 0.05) is 17.3 Å². The number of anilines is 1. The molecule has 0 saturated carbocycles. The molecule has 0 spiro atoms. The fourth-order valence-corrected chi connectivity index (χ4v) is 4.26. The van der Waals surface area contributed by atoms with Crippen LogP contribution in [0.3, 0.4) is 0 Å². The first-order valence-electron chi connectivity index (χ1n) is 8.87. The van der Waals surface area contributed by atoms with Crippen molar-refractivity contribution in [2.24, 2.45) is 0 Å². The van der Waals surface area contributed by atoms with Crippen molar-refractivity contribution < 1.29 is 9.47 Å². The SMILES string of the molecule is CCOc1ccc(NCc2cc(Br)c(OCc3ccc(Cl)cc3)c(Br)c2)cc1. The summed E-state index contributed by atoms with van der Waals surface area (Å²) in [6.07, 6.45) is 0. The molecular formula is C22H20Br2ClNO2. The normalized spacial score (nSPS) is 10.6. The second-order valence-electron chi connectivity index (χ2n) is 6.11. The molecule has 0 radical (unpaired) electrons. The van der Waals surface area contributed by atoms with E-state index in [4.69, 9.17) is 21.1 Å². The average molecular weight is 526 g/mol. The zero-order chi connectivity index (χ0) is 19.9. The number of hydrogen-bond acceptors (Lipinski definition) is 3. The molecule has 3 nitrogen and oxygen atoms in total. The first-order chi connectivity index (χ1) is 13.5. The predicted molar refractivity (Wildman–Crippen MR) is 123 cm³/mol. The summed E-state index contributed by atoms with van der Waals surface area (Å²) in [5, 5.41) is 4.13. The molecule has 0 atom stereocenters. The molecule has 0 aliphatic rings. The monoisotopic (exact) mass is 523 g/mol. The van der Waals surface area contributed by atoms with E-state index in [2.05, 4.69) is 49.3 Å². The van der Waals surface area contributed by atoms with Crippen molar-refractivity contribution in [3.05, 3.63) is 85.8 Å². The van der Waals surface area contributed by atoms with Crippen LogP contribution in [-0.4, -0.2) is 6.61 Å². The molecule has 0 aromatic heterocycles. The van der Waals surface area contributed by atoms with E-state index in [1.165, 1.54) is 0 Å².